The van der Waals surface area contributed by atoms with Gasteiger partial charge in [0.25, 0.3) is 0 Å². The standard InChI is InChI=1S/C20H28N6O.HI/c1-3-19(27)26-11-10-16(14-26)24-20(21-4-2)23-13-18-22-12-17(25-18)15-8-6-5-7-9-15;/h5-9,12,16H,3-4,10-11,13-14H2,1-2H3,(H,22,25)(H2,21,23,24);1H. The molecule has 1 aromatic carbocycles. The summed E-state index contributed by atoms with van der Waals surface area (Å²) in [6, 6.07) is 10.3. The van der Waals surface area contributed by atoms with Gasteiger partial charge in [0.15, 0.2) is 5.96 Å². The molecule has 0 spiro atoms. The summed E-state index contributed by atoms with van der Waals surface area (Å²) in [5, 5.41) is 6.71. The van der Waals surface area contributed by atoms with Crippen LogP contribution in [0.5, 0.6) is 0 Å². The molecule has 28 heavy (non-hydrogen) atoms. The number of benzene rings is 1. The molecule has 1 saturated heterocycles. The number of carbonyl (C=O) groups is 1. The van der Waals surface area contributed by atoms with Gasteiger partial charge in [0.2, 0.25) is 5.91 Å². The molecule has 0 radical (unpaired) electrons. The average molecular weight is 496 g/mol. The first-order valence-corrected chi connectivity index (χ1v) is 9.61. The van der Waals surface area contributed by atoms with E-state index in [1.807, 2.05) is 43.1 Å². The number of amides is 1. The molecule has 152 valence electrons. The predicted octanol–water partition coefficient (Wildman–Crippen LogP) is 2.76. The Kier molecular flexibility index (Phi) is 8.75. The number of guanidine groups is 1. The Bertz CT molecular complexity index is 776. The minimum absolute atomic E-state index is 0. The lowest BCUT2D eigenvalue weighted by atomic mass is 10.2. The number of nitrogens with one attached hydrogen (secondary N) is 3. The summed E-state index contributed by atoms with van der Waals surface area (Å²) in [6.07, 6.45) is 3.34. The van der Waals surface area contributed by atoms with Gasteiger partial charge in [0, 0.05) is 32.1 Å². The van der Waals surface area contributed by atoms with Crippen LogP contribution in [0, 0.1) is 0 Å². The molecule has 3 N–H and O–H groups in total. The van der Waals surface area contributed by atoms with Crippen LogP contribution in [0.4, 0.5) is 0 Å². The number of halogens is 1. The topological polar surface area (TPSA) is 85.4 Å². The lowest BCUT2D eigenvalue weighted by molar-refractivity contribution is -0.129. The molecule has 1 aliphatic rings. The summed E-state index contributed by atoms with van der Waals surface area (Å²) in [5.74, 6) is 1.79. The second-order valence-corrected chi connectivity index (χ2v) is 6.63. The normalized spacial score (nSPS) is 16.6. The fourth-order valence-electron chi connectivity index (χ4n) is 3.20. The zero-order valence-corrected chi connectivity index (χ0v) is 18.8. The van der Waals surface area contributed by atoms with Crippen LogP contribution < -0.4 is 10.6 Å². The van der Waals surface area contributed by atoms with E-state index in [-0.39, 0.29) is 35.9 Å². The predicted molar refractivity (Wildman–Crippen MR) is 123 cm³/mol. The molecular formula is C20H29IN6O. The van der Waals surface area contributed by atoms with E-state index in [0.717, 1.165) is 49.1 Å². The number of carbonyl (C=O) groups excluding carboxylic acids is 1. The van der Waals surface area contributed by atoms with Crippen LogP contribution in [-0.4, -0.2) is 52.4 Å². The van der Waals surface area contributed by atoms with Gasteiger partial charge in [0.05, 0.1) is 11.9 Å². The van der Waals surface area contributed by atoms with E-state index in [2.05, 4.69) is 37.7 Å². The maximum atomic E-state index is 11.8. The molecule has 2 aromatic rings. The minimum Gasteiger partial charge on any atom is -0.357 e. The molecule has 8 heteroatoms. The summed E-state index contributed by atoms with van der Waals surface area (Å²) in [5.41, 5.74) is 2.10. The quantitative estimate of drug-likeness (QED) is 0.326. The smallest absolute Gasteiger partial charge is 0.222 e. The Morgan fingerprint density at radius 1 is 1.32 bits per heavy atom. The van der Waals surface area contributed by atoms with Crippen molar-refractivity contribution >= 4 is 35.8 Å². The van der Waals surface area contributed by atoms with E-state index in [1.54, 1.807) is 0 Å². The van der Waals surface area contributed by atoms with Gasteiger partial charge in [-0.3, -0.25) is 4.79 Å². The number of aromatic amines is 1. The van der Waals surface area contributed by atoms with Crippen LogP contribution in [-0.2, 0) is 11.3 Å². The van der Waals surface area contributed by atoms with Crippen molar-refractivity contribution in [2.75, 3.05) is 19.6 Å². The molecule has 1 unspecified atom stereocenters. The zero-order valence-electron chi connectivity index (χ0n) is 16.4. The molecule has 7 nitrogen and oxygen atoms in total. The van der Waals surface area contributed by atoms with Crippen molar-refractivity contribution in [2.45, 2.75) is 39.3 Å². The van der Waals surface area contributed by atoms with Gasteiger partial charge in [-0.1, -0.05) is 37.3 Å². The van der Waals surface area contributed by atoms with E-state index in [9.17, 15) is 4.79 Å². The monoisotopic (exact) mass is 496 g/mol. The molecule has 2 heterocycles. The van der Waals surface area contributed by atoms with Crippen LogP contribution in [0.15, 0.2) is 41.5 Å². The molecule has 0 aliphatic carbocycles. The minimum atomic E-state index is 0. The summed E-state index contributed by atoms with van der Waals surface area (Å²) < 4.78 is 0. The van der Waals surface area contributed by atoms with E-state index >= 15 is 0 Å². The molecule has 1 atom stereocenters. The number of aliphatic imine (C=N–C) groups is 1. The molecule has 1 fully saturated rings. The Morgan fingerprint density at radius 2 is 2.11 bits per heavy atom. The first kappa shape index (κ1) is 22.2. The highest BCUT2D eigenvalue weighted by Gasteiger charge is 2.25. The summed E-state index contributed by atoms with van der Waals surface area (Å²) in [6.45, 7) is 6.73. The number of imidazole rings is 1. The fourth-order valence-corrected chi connectivity index (χ4v) is 3.20. The van der Waals surface area contributed by atoms with Crippen molar-refractivity contribution in [3.63, 3.8) is 0 Å². The van der Waals surface area contributed by atoms with E-state index < -0.39 is 0 Å². The molecule has 1 aromatic heterocycles. The van der Waals surface area contributed by atoms with E-state index in [1.165, 1.54) is 0 Å². The van der Waals surface area contributed by atoms with Crippen molar-refractivity contribution in [2.24, 2.45) is 4.99 Å². The summed E-state index contributed by atoms with van der Waals surface area (Å²) in [7, 11) is 0. The molecule has 1 amide bonds. The third-order valence-electron chi connectivity index (χ3n) is 4.63. The zero-order chi connectivity index (χ0) is 19.1. The lowest BCUT2D eigenvalue weighted by Gasteiger charge is -2.18. The van der Waals surface area contributed by atoms with E-state index in [4.69, 9.17) is 0 Å². The van der Waals surface area contributed by atoms with Gasteiger partial charge in [-0.15, -0.1) is 24.0 Å². The number of likely N-dealkylation sites (tertiary alicyclic amines) is 1. The number of nitrogens with zero attached hydrogens (tertiary/aromatic N) is 3. The number of hydrogen-bond acceptors (Lipinski definition) is 3. The molecule has 3 rings (SSSR count). The Balaban J connectivity index is 0.00000280. The highest BCUT2D eigenvalue weighted by molar-refractivity contribution is 14.0. The molecular weight excluding hydrogens is 467 g/mol. The number of H-pyrrole nitrogens is 1. The van der Waals surface area contributed by atoms with Gasteiger partial charge >= 0.3 is 0 Å². The van der Waals surface area contributed by atoms with E-state index in [0.29, 0.717) is 13.0 Å². The van der Waals surface area contributed by atoms with Crippen LogP contribution in [0.2, 0.25) is 0 Å². The van der Waals surface area contributed by atoms with Gasteiger partial charge < -0.3 is 20.5 Å². The lowest BCUT2D eigenvalue weighted by Crippen LogP contribution is -2.45. The maximum Gasteiger partial charge on any atom is 0.222 e. The molecule has 0 saturated carbocycles. The van der Waals surface area contributed by atoms with Gasteiger partial charge in [0.1, 0.15) is 12.4 Å². The first-order valence-electron chi connectivity index (χ1n) is 9.61. The molecule has 0 bridgehead atoms. The van der Waals surface area contributed by atoms with Crippen molar-refractivity contribution in [3.05, 3.63) is 42.4 Å². The highest BCUT2D eigenvalue weighted by Crippen LogP contribution is 2.16. The number of aromatic nitrogens is 2. The SMILES string of the molecule is CCNC(=NCc1ncc(-c2ccccc2)[nH]1)NC1CCN(C(=O)CC)C1.I. The molecule has 1 aliphatic heterocycles. The van der Waals surface area contributed by atoms with Crippen molar-refractivity contribution in [1.82, 2.24) is 25.5 Å². The Labute approximate surface area is 183 Å². The van der Waals surface area contributed by atoms with Crippen LogP contribution >= 0.6 is 24.0 Å². The summed E-state index contributed by atoms with van der Waals surface area (Å²) in [4.78, 5) is 26.2. The van der Waals surface area contributed by atoms with Gasteiger partial charge in [-0.05, 0) is 18.9 Å². The Morgan fingerprint density at radius 3 is 2.82 bits per heavy atom. The van der Waals surface area contributed by atoms with Crippen molar-refractivity contribution in [1.29, 1.82) is 0 Å². The Hall–Kier alpha value is -2.10. The number of hydrogen-bond donors (Lipinski definition) is 3. The van der Waals surface area contributed by atoms with Gasteiger partial charge in [-0.2, -0.15) is 0 Å². The fraction of sp³-hybridized carbons (Fsp3) is 0.450. The summed E-state index contributed by atoms with van der Waals surface area (Å²) >= 11 is 0. The van der Waals surface area contributed by atoms with Crippen LogP contribution in [0.25, 0.3) is 11.3 Å². The first-order chi connectivity index (χ1) is 13.2. The number of rotatable bonds is 6. The highest BCUT2D eigenvalue weighted by atomic mass is 127. The van der Waals surface area contributed by atoms with Crippen molar-refractivity contribution < 1.29 is 4.79 Å². The van der Waals surface area contributed by atoms with Crippen LogP contribution in [0.3, 0.4) is 0 Å². The largest absolute Gasteiger partial charge is 0.357 e. The van der Waals surface area contributed by atoms with Gasteiger partial charge in [-0.25, -0.2) is 9.98 Å². The maximum absolute atomic E-state index is 11.8. The van der Waals surface area contributed by atoms with Crippen LogP contribution in [0.1, 0.15) is 32.5 Å². The van der Waals surface area contributed by atoms with Crippen molar-refractivity contribution in [3.8, 4) is 11.3 Å². The third kappa shape index (κ3) is 5.95. The second kappa shape index (κ2) is 11.0. The average Bonchev–Trinajstić information content (AvgIpc) is 3.36. The third-order valence-corrected chi connectivity index (χ3v) is 4.63. The second-order valence-electron chi connectivity index (χ2n) is 6.63.